The van der Waals surface area contributed by atoms with Gasteiger partial charge in [0.15, 0.2) is 0 Å². The predicted octanol–water partition coefficient (Wildman–Crippen LogP) is 1.70. The Bertz CT molecular complexity index is 460. The molecule has 0 radical (unpaired) electrons. The fourth-order valence-electron chi connectivity index (χ4n) is 1.15. The van der Waals surface area contributed by atoms with E-state index in [1.165, 1.54) is 25.1 Å². The summed E-state index contributed by atoms with van der Waals surface area (Å²) >= 11 is 0. The molecule has 0 aliphatic rings. The number of nitrogens with one attached hydrogen (secondary N) is 1. The summed E-state index contributed by atoms with van der Waals surface area (Å²) < 4.78 is 47.8. The number of hydrogen-bond donors (Lipinski definition) is 2. The maximum absolute atomic E-state index is 12.1. The summed E-state index contributed by atoms with van der Waals surface area (Å²) in [6.45, 7) is 1.41. The van der Waals surface area contributed by atoms with Gasteiger partial charge in [0.05, 0.1) is 11.8 Å². The molecule has 2 N–H and O–H groups in total. The van der Waals surface area contributed by atoms with E-state index >= 15 is 0 Å². The molecule has 0 saturated carbocycles. The molecule has 1 aromatic rings. The first-order valence-corrected chi connectivity index (χ1v) is 5.96. The molecule has 4 nitrogen and oxygen atoms in total. The number of rotatable bonds is 4. The van der Waals surface area contributed by atoms with E-state index in [9.17, 15) is 22.3 Å². The fraction of sp³-hybridized carbons (Fsp3) is 0.333. The van der Waals surface area contributed by atoms with Crippen LogP contribution in [0.1, 0.15) is 18.6 Å². The zero-order chi connectivity index (χ0) is 12.3. The molecule has 0 spiro atoms. The summed E-state index contributed by atoms with van der Waals surface area (Å²) in [6, 6.07) is 5.81. The van der Waals surface area contributed by atoms with Gasteiger partial charge in [-0.1, -0.05) is 18.2 Å². The minimum absolute atomic E-state index is 0.0437. The fourth-order valence-corrected chi connectivity index (χ4v) is 1.73. The Balaban J connectivity index is 3.07. The van der Waals surface area contributed by atoms with Gasteiger partial charge in [-0.05, 0) is 13.0 Å². The van der Waals surface area contributed by atoms with Crippen LogP contribution in [-0.2, 0) is 10.0 Å². The number of halogens is 2. The summed E-state index contributed by atoms with van der Waals surface area (Å²) in [5.74, 6) is -3.51. The predicted molar refractivity (Wildman–Crippen MR) is 55.6 cm³/mol. The maximum Gasteiger partial charge on any atom is 0.355 e. The average Bonchev–Trinajstić information content (AvgIpc) is 2.17. The molecular formula is C9H11F2NO3S. The molecule has 0 aliphatic carbocycles. The summed E-state index contributed by atoms with van der Waals surface area (Å²) in [7, 11) is -4.70. The van der Waals surface area contributed by atoms with Crippen LogP contribution in [0.2, 0.25) is 0 Å². The first-order chi connectivity index (χ1) is 7.34. The van der Waals surface area contributed by atoms with Crippen LogP contribution in [0.25, 0.3) is 0 Å². The zero-order valence-electron chi connectivity index (χ0n) is 8.39. The van der Waals surface area contributed by atoms with E-state index in [1.807, 2.05) is 0 Å². The van der Waals surface area contributed by atoms with Crippen molar-refractivity contribution >= 4 is 15.7 Å². The van der Waals surface area contributed by atoms with Gasteiger partial charge in [-0.25, -0.2) is 8.42 Å². The number of para-hydroxylation sites is 1. The molecule has 0 saturated heterocycles. The summed E-state index contributed by atoms with van der Waals surface area (Å²) in [4.78, 5) is 0. The van der Waals surface area contributed by atoms with Gasteiger partial charge in [0, 0.05) is 5.56 Å². The van der Waals surface area contributed by atoms with Crippen molar-refractivity contribution in [2.24, 2.45) is 0 Å². The molecule has 1 atom stereocenters. The van der Waals surface area contributed by atoms with Crippen molar-refractivity contribution in [1.29, 1.82) is 0 Å². The molecule has 7 heteroatoms. The minimum atomic E-state index is -4.70. The van der Waals surface area contributed by atoms with Gasteiger partial charge in [0.25, 0.3) is 10.0 Å². The van der Waals surface area contributed by atoms with Crippen molar-refractivity contribution in [2.45, 2.75) is 18.8 Å². The van der Waals surface area contributed by atoms with E-state index in [0.29, 0.717) is 0 Å². The highest BCUT2D eigenvalue weighted by molar-refractivity contribution is 7.93. The number of benzene rings is 1. The lowest BCUT2D eigenvalue weighted by molar-refractivity contribution is 0.200. The van der Waals surface area contributed by atoms with Crippen molar-refractivity contribution in [3.05, 3.63) is 29.8 Å². The SMILES string of the molecule is CC(O)c1ccccc1NS(=O)(=O)C(F)F. The highest BCUT2D eigenvalue weighted by Crippen LogP contribution is 2.24. The Morgan fingerprint density at radius 1 is 1.31 bits per heavy atom. The van der Waals surface area contributed by atoms with Crippen LogP contribution in [-0.4, -0.2) is 19.3 Å². The van der Waals surface area contributed by atoms with Gasteiger partial charge < -0.3 is 5.11 Å². The summed E-state index contributed by atoms with van der Waals surface area (Å²) in [5.41, 5.74) is 0.199. The van der Waals surface area contributed by atoms with Gasteiger partial charge in [-0.2, -0.15) is 8.78 Å². The Morgan fingerprint density at radius 2 is 1.88 bits per heavy atom. The Hall–Kier alpha value is -1.21. The number of aliphatic hydroxyl groups is 1. The molecule has 0 amide bonds. The number of hydrogen-bond acceptors (Lipinski definition) is 3. The Labute approximate surface area is 92.0 Å². The zero-order valence-corrected chi connectivity index (χ0v) is 9.21. The third-order valence-electron chi connectivity index (χ3n) is 1.90. The highest BCUT2D eigenvalue weighted by atomic mass is 32.2. The molecule has 1 aromatic carbocycles. The van der Waals surface area contributed by atoms with Crippen LogP contribution in [0.15, 0.2) is 24.3 Å². The number of sulfonamides is 1. The first kappa shape index (κ1) is 12.9. The molecule has 0 fully saturated rings. The van der Waals surface area contributed by atoms with Crippen molar-refractivity contribution in [3.8, 4) is 0 Å². The third kappa shape index (κ3) is 2.89. The quantitative estimate of drug-likeness (QED) is 0.856. The number of alkyl halides is 2. The largest absolute Gasteiger partial charge is 0.389 e. The highest BCUT2D eigenvalue weighted by Gasteiger charge is 2.24. The number of anilines is 1. The molecule has 0 bridgehead atoms. The topological polar surface area (TPSA) is 66.4 Å². The van der Waals surface area contributed by atoms with Gasteiger partial charge in [-0.3, -0.25) is 4.72 Å². The van der Waals surface area contributed by atoms with Gasteiger partial charge >= 0.3 is 5.76 Å². The van der Waals surface area contributed by atoms with E-state index < -0.39 is 21.9 Å². The first-order valence-electron chi connectivity index (χ1n) is 4.41. The second-order valence-corrected chi connectivity index (χ2v) is 4.82. The normalized spacial score (nSPS) is 13.8. The van der Waals surface area contributed by atoms with E-state index in [0.717, 1.165) is 0 Å². The van der Waals surface area contributed by atoms with Crippen LogP contribution in [0.3, 0.4) is 0 Å². The van der Waals surface area contributed by atoms with Crippen molar-refractivity contribution in [3.63, 3.8) is 0 Å². The van der Waals surface area contributed by atoms with Crippen molar-refractivity contribution in [2.75, 3.05) is 4.72 Å². The number of aliphatic hydroxyl groups excluding tert-OH is 1. The lowest BCUT2D eigenvalue weighted by Crippen LogP contribution is -2.21. The molecule has 90 valence electrons. The van der Waals surface area contributed by atoms with Gasteiger partial charge in [-0.15, -0.1) is 0 Å². The molecule has 1 unspecified atom stereocenters. The molecule has 0 heterocycles. The van der Waals surface area contributed by atoms with E-state index in [4.69, 9.17) is 0 Å². The Kier molecular flexibility index (Phi) is 3.82. The van der Waals surface area contributed by atoms with Crippen molar-refractivity contribution in [1.82, 2.24) is 0 Å². The average molecular weight is 251 g/mol. The van der Waals surface area contributed by atoms with E-state index in [1.54, 1.807) is 10.8 Å². The standard InChI is InChI=1S/C9H11F2NO3S/c1-6(13)7-4-2-3-5-8(7)12-16(14,15)9(10)11/h2-6,9,12-13H,1H3. The van der Waals surface area contributed by atoms with Crippen LogP contribution in [0, 0.1) is 0 Å². The second kappa shape index (κ2) is 4.75. The molecule has 16 heavy (non-hydrogen) atoms. The van der Waals surface area contributed by atoms with Gasteiger partial charge in [0.2, 0.25) is 0 Å². The van der Waals surface area contributed by atoms with Crippen LogP contribution in [0.5, 0.6) is 0 Å². The summed E-state index contributed by atoms with van der Waals surface area (Å²) in [5, 5.41) is 9.32. The van der Waals surface area contributed by atoms with Gasteiger partial charge in [0.1, 0.15) is 0 Å². The van der Waals surface area contributed by atoms with Crippen LogP contribution in [0.4, 0.5) is 14.5 Å². The van der Waals surface area contributed by atoms with Crippen molar-refractivity contribution < 1.29 is 22.3 Å². The summed E-state index contributed by atoms with van der Waals surface area (Å²) in [6.07, 6.45) is -0.948. The smallest absolute Gasteiger partial charge is 0.355 e. The van der Waals surface area contributed by atoms with Crippen LogP contribution < -0.4 is 4.72 Å². The minimum Gasteiger partial charge on any atom is -0.389 e. The lowest BCUT2D eigenvalue weighted by Gasteiger charge is -2.13. The van der Waals surface area contributed by atoms with Crippen LogP contribution >= 0.6 is 0 Å². The third-order valence-corrected chi connectivity index (χ3v) is 2.87. The molecule has 0 aromatic heterocycles. The molecular weight excluding hydrogens is 240 g/mol. The monoisotopic (exact) mass is 251 g/mol. The molecule has 0 aliphatic heterocycles. The molecule has 1 rings (SSSR count). The lowest BCUT2D eigenvalue weighted by atomic mass is 10.1. The second-order valence-electron chi connectivity index (χ2n) is 3.17. The maximum atomic E-state index is 12.1. The van der Waals surface area contributed by atoms with E-state index in [-0.39, 0.29) is 11.3 Å². The Morgan fingerprint density at radius 3 is 2.38 bits per heavy atom. The van der Waals surface area contributed by atoms with E-state index in [2.05, 4.69) is 0 Å².